The molecule has 2 heteroatoms. The molecule has 1 aromatic rings. The third-order valence-corrected chi connectivity index (χ3v) is 2.63. The van der Waals surface area contributed by atoms with Crippen LogP contribution in [0, 0.1) is 0 Å². The van der Waals surface area contributed by atoms with Gasteiger partial charge in [0.05, 0.1) is 11.8 Å². The molecule has 0 unspecified atom stereocenters. The van der Waals surface area contributed by atoms with Crippen molar-refractivity contribution in [3.05, 3.63) is 29.1 Å². The molecule has 1 aromatic heterocycles. The minimum atomic E-state index is -0.438. The maximum absolute atomic E-state index is 9.36. The number of aliphatic hydroxyl groups excluding tert-OH is 1. The highest BCUT2D eigenvalue weighted by Crippen LogP contribution is 2.21. The molecular formula is C11H15NO. The zero-order chi connectivity index (χ0) is 9.26. The van der Waals surface area contributed by atoms with E-state index in [0.29, 0.717) is 0 Å². The van der Waals surface area contributed by atoms with Crippen molar-refractivity contribution in [1.82, 2.24) is 4.98 Å². The van der Waals surface area contributed by atoms with Gasteiger partial charge in [-0.25, -0.2) is 0 Å². The summed E-state index contributed by atoms with van der Waals surface area (Å²) in [5.41, 5.74) is 3.38. The summed E-state index contributed by atoms with van der Waals surface area (Å²) in [5.74, 6) is 0. The molecule has 1 heterocycles. The molecule has 0 aliphatic heterocycles. The Labute approximate surface area is 78.6 Å². The molecule has 1 N–H and O–H groups in total. The van der Waals surface area contributed by atoms with Crippen LogP contribution in [0.3, 0.4) is 0 Å². The van der Waals surface area contributed by atoms with E-state index >= 15 is 0 Å². The van der Waals surface area contributed by atoms with Crippen molar-refractivity contribution < 1.29 is 5.11 Å². The van der Waals surface area contributed by atoms with E-state index in [0.717, 1.165) is 18.5 Å². The van der Waals surface area contributed by atoms with Crippen molar-refractivity contribution in [2.45, 2.75) is 38.7 Å². The third-order valence-electron chi connectivity index (χ3n) is 2.63. The van der Waals surface area contributed by atoms with Gasteiger partial charge in [-0.05, 0) is 44.2 Å². The second kappa shape index (κ2) is 3.46. The van der Waals surface area contributed by atoms with Crippen LogP contribution < -0.4 is 0 Å². The zero-order valence-electron chi connectivity index (χ0n) is 7.95. The highest BCUT2D eigenvalue weighted by Gasteiger charge is 2.12. The van der Waals surface area contributed by atoms with E-state index in [9.17, 15) is 5.11 Å². The minimum Gasteiger partial charge on any atom is -0.387 e. The van der Waals surface area contributed by atoms with E-state index in [1.807, 2.05) is 6.07 Å². The van der Waals surface area contributed by atoms with Crippen molar-refractivity contribution >= 4 is 0 Å². The van der Waals surface area contributed by atoms with Gasteiger partial charge in [0.25, 0.3) is 0 Å². The number of rotatable bonds is 1. The Kier molecular flexibility index (Phi) is 2.32. The topological polar surface area (TPSA) is 33.1 Å². The molecule has 0 saturated heterocycles. The van der Waals surface area contributed by atoms with Gasteiger partial charge in [0.15, 0.2) is 0 Å². The summed E-state index contributed by atoms with van der Waals surface area (Å²) in [6.45, 7) is 1.76. The molecule has 0 bridgehead atoms. The van der Waals surface area contributed by atoms with Crippen LogP contribution in [0.25, 0.3) is 0 Å². The smallest absolute Gasteiger partial charge is 0.0931 e. The molecule has 13 heavy (non-hydrogen) atoms. The first-order valence-electron chi connectivity index (χ1n) is 4.94. The number of aliphatic hydroxyl groups is 1. The number of aromatic nitrogens is 1. The molecule has 2 nitrogen and oxygen atoms in total. The molecule has 0 saturated carbocycles. The van der Waals surface area contributed by atoms with Gasteiger partial charge in [-0.2, -0.15) is 0 Å². The van der Waals surface area contributed by atoms with Gasteiger partial charge in [-0.15, -0.1) is 0 Å². The van der Waals surface area contributed by atoms with E-state index in [1.165, 1.54) is 24.1 Å². The van der Waals surface area contributed by atoms with Crippen LogP contribution >= 0.6 is 0 Å². The maximum atomic E-state index is 9.36. The first-order valence-corrected chi connectivity index (χ1v) is 4.94. The standard InChI is InChI=1S/C11H15NO/c1-8(13)10-7-6-9-4-2-3-5-11(9)12-10/h6-8,13H,2-5H2,1H3/t8-/m0/s1. The predicted octanol–water partition coefficient (Wildman–Crippen LogP) is 2.01. The van der Waals surface area contributed by atoms with Gasteiger partial charge in [-0.3, -0.25) is 4.98 Å². The first kappa shape index (κ1) is 8.70. The lowest BCUT2D eigenvalue weighted by Crippen LogP contribution is -2.08. The predicted molar refractivity (Wildman–Crippen MR) is 51.5 cm³/mol. The van der Waals surface area contributed by atoms with Crippen LogP contribution in [0.2, 0.25) is 0 Å². The summed E-state index contributed by atoms with van der Waals surface area (Å²) >= 11 is 0. The lowest BCUT2D eigenvalue weighted by atomic mass is 9.95. The fraction of sp³-hybridized carbons (Fsp3) is 0.545. The maximum Gasteiger partial charge on any atom is 0.0931 e. The third kappa shape index (κ3) is 1.73. The molecule has 0 radical (unpaired) electrons. The van der Waals surface area contributed by atoms with Crippen LogP contribution in [0.1, 0.15) is 42.8 Å². The Morgan fingerprint density at radius 3 is 2.85 bits per heavy atom. The largest absolute Gasteiger partial charge is 0.387 e. The van der Waals surface area contributed by atoms with Gasteiger partial charge in [0.2, 0.25) is 0 Å². The Bertz CT molecular complexity index is 307. The van der Waals surface area contributed by atoms with Crippen LogP contribution in [0.15, 0.2) is 12.1 Å². The van der Waals surface area contributed by atoms with Crippen LogP contribution in [0.5, 0.6) is 0 Å². The number of aryl methyl sites for hydroxylation is 2. The fourth-order valence-corrected chi connectivity index (χ4v) is 1.83. The summed E-state index contributed by atoms with van der Waals surface area (Å²) in [6, 6.07) is 4.05. The fourth-order valence-electron chi connectivity index (χ4n) is 1.83. The normalized spacial score (nSPS) is 18.0. The Balaban J connectivity index is 2.35. The quantitative estimate of drug-likeness (QED) is 0.711. The number of pyridine rings is 1. The second-order valence-corrected chi connectivity index (χ2v) is 3.73. The molecular weight excluding hydrogens is 162 g/mol. The molecule has 1 atom stereocenters. The summed E-state index contributed by atoms with van der Waals surface area (Å²) in [6.07, 6.45) is 4.32. The lowest BCUT2D eigenvalue weighted by molar-refractivity contribution is 0.194. The van der Waals surface area contributed by atoms with E-state index in [-0.39, 0.29) is 0 Å². The Morgan fingerprint density at radius 1 is 1.31 bits per heavy atom. The molecule has 70 valence electrons. The number of nitrogens with zero attached hydrogens (tertiary/aromatic N) is 1. The number of hydrogen-bond acceptors (Lipinski definition) is 2. The van der Waals surface area contributed by atoms with E-state index < -0.39 is 6.10 Å². The van der Waals surface area contributed by atoms with Crippen LogP contribution in [0.4, 0.5) is 0 Å². The van der Waals surface area contributed by atoms with Crippen LogP contribution in [-0.4, -0.2) is 10.1 Å². The lowest BCUT2D eigenvalue weighted by Gasteiger charge is -2.16. The molecule has 2 rings (SSSR count). The second-order valence-electron chi connectivity index (χ2n) is 3.73. The molecule has 1 aliphatic carbocycles. The van der Waals surface area contributed by atoms with Crippen molar-refractivity contribution in [3.8, 4) is 0 Å². The molecule has 0 amide bonds. The van der Waals surface area contributed by atoms with Crippen molar-refractivity contribution in [2.24, 2.45) is 0 Å². The average molecular weight is 177 g/mol. The molecule has 1 aliphatic rings. The molecule has 0 spiro atoms. The monoisotopic (exact) mass is 177 g/mol. The van der Waals surface area contributed by atoms with Crippen molar-refractivity contribution in [1.29, 1.82) is 0 Å². The minimum absolute atomic E-state index is 0.438. The number of hydrogen-bond donors (Lipinski definition) is 1. The van der Waals surface area contributed by atoms with Gasteiger partial charge >= 0.3 is 0 Å². The molecule has 0 fully saturated rings. The van der Waals surface area contributed by atoms with Gasteiger partial charge in [-0.1, -0.05) is 6.07 Å². The van der Waals surface area contributed by atoms with Gasteiger partial charge in [0.1, 0.15) is 0 Å². The highest BCUT2D eigenvalue weighted by atomic mass is 16.3. The van der Waals surface area contributed by atoms with Crippen LogP contribution in [-0.2, 0) is 12.8 Å². The Morgan fingerprint density at radius 2 is 2.08 bits per heavy atom. The first-order chi connectivity index (χ1) is 6.27. The van der Waals surface area contributed by atoms with Gasteiger partial charge in [0, 0.05) is 5.69 Å². The zero-order valence-corrected chi connectivity index (χ0v) is 7.95. The van der Waals surface area contributed by atoms with E-state index in [2.05, 4.69) is 11.1 Å². The van der Waals surface area contributed by atoms with Crippen molar-refractivity contribution in [3.63, 3.8) is 0 Å². The SMILES string of the molecule is C[C@H](O)c1ccc2c(n1)CCCC2. The average Bonchev–Trinajstić information content (AvgIpc) is 2.17. The summed E-state index contributed by atoms with van der Waals surface area (Å²) in [5, 5.41) is 9.36. The summed E-state index contributed by atoms with van der Waals surface area (Å²) in [7, 11) is 0. The Hall–Kier alpha value is -0.890. The van der Waals surface area contributed by atoms with Gasteiger partial charge < -0.3 is 5.11 Å². The highest BCUT2D eigenvalue weighted by molar-refractivity contribution is 5.25. The summed E-state index contributed by atoms with van der Waals surface area (Å²) in [4.78, 5) is 4.46. The van der Waals surface area contributed by atoms with E-state index in [4.69, 9.17) is 0 Å². The van der Waals surface area contributed by atoms with Crippen molar-refractivity contribution in [2.75, 3.05) is 0 Å². The summed E-state index contributed by atoms with van der Waals surface area (Å²) < 4.78 is 0. The van der Waals surface area contributed by atoms with E-state index in [1.54, 1.807) is 6.92 Å². The molecule has 0 aromatic carbocycles. The number of fused-ring (bicyclic) bond motifs is 1.